The van der Waals surface area contributed by atoms with Crippen molar-refractivity contribution < 1.29 is 9.53 Å². The van der Waals surface area contributed by atoms with E-state index in [0.717, 1.165) is 4.47 Å². The maximum Gasteiger partial charge on any atom is 0.217 e. The van der Waals surface area contributed by atoms with E-state index in [9.17, 15) is 4.79 Å². The molecule has 0 aliphatic heterocycles. The van der Waals surface area contributed by atoms with Crippen LogP contribution in [0, 0.1) is 0 Å². The van der Waals surface area contributed by atoms with Gasteiger partial charge in [-0.3, -0.25) is 10.5 Å². The molecule has 0 aromatic carbocycles. The predicted molar refractivity (Wildman–Crippen MR) is 56.0 cm³/mol. The minimum atomic E-state index is -0.847. The van der Waals surface area contributed by atoms with Crippen LogP contribution in [0.1, 0.15) is 16.6 Å². The molecular formula is C8H10BrNO2S. The first-order chi connectivity index (χ1) is 6.16. The van der Waals surface area contributed by atoms with Crippen molar-refractivity contribution in [2.45, 2.75) is 13.2 Å². The first-order valence-corrected chi connectivity index (χ1v) is 5.48. The molecule has 1 unspecified atom stereocenters. The summed E-state index contributed by atoms with van der Waals surface area (Å²) in [6.45, 7) is 2.24. The van der Waals surface area contributed by atoms with Crippen molar-refractivity contribution in [1.29, 1.82) is 0 Å². The number of hydrogen-bond acceptors (Lipinski definition) is 4. The number of Topliss-reactive ketones (excluding diaryl/α,β-unsaturated/α-hetero) is 1. The van der Waals surface area contributed by atoms with Crippen LogP contribution in [0.15, 0.2) is 15.9 Å². The molecular weight excluding hydrogens is 254 g/mol. The summed E-state index contributed by atoms with van der Waals surface area (Å²) in [6.07, 6.45) is -0.847. The second-order valence-corrected chi connectivity index (χ2v) is 4.11. The number of ether oxygens (including phenoxy) is 1. The Balaban J connectivity index is 2.73. The van der Waals surface area contributed by atoms with Gasteiger partial charge in [-0.2, -0.15) is 0 Å². The van der Waals surface area contributed by atoms with Crippen LogP contribution in [0.5, 0.6) is 0 Å². The van der Waals surface area contributed by atoms with E-state index in [4.69, 9.17) is 10.5 Å². The number of nitrogens with two attached hydrogens (primary N) is 1. The Morgan fingerprint density at radius 2 is 2.54 bits per heavy atom. The molecule has 5 heteroatoms. The molecule has 0 bridgehead atoms. The number of rotatable bonds is 4. The number of thiophene rings is 1. The van der Waals surface area contributed by atoms with Crippen molar-refractivity contribution >= 4 is 33.0 Å². The van der Waals surface area contributed by atoms with Crippen molar-refractivity contribution in [3.8, 4) is 0 Å². The van der Waals surface area contributed by atoms with Crippen molar-refractivity contribution in [3.05, 3.63) is 20.8 Å². The van der Waals surface area contributed by atoms with Crippen LogP contribution in [0.25, 0.3) is 0 Å². The quantitative estimate of drug-likeness (QED) is 0.668. The lowest BCUT2D eigenvalue weighted by Gasteiger charge is -2.08. The lowest BCUT2D eigenvalue weighted by molar-refractivity contribution is 0.0483. The molecule has 1 rings (SSSR count). The summed E-state index contributed by atoms with van der Waals surface area (Å²) in [7, 11) is 0. The molecule has 1 heterocycles. The molecule has 1 aromatic heterocycles. The predicted octanol–water partition coefficient (Wildman–Crippen LogP) is 2.01. The fourth-order valence-corrected chi connectivity index (χ4v) is 2.39. The molecule has 0 spiro atoms. The van der Waals surface area contributed by atoms with E-state index in [2.05, 4.69) is 15.9 Å². The maximum atomic E-state index is 11.5. The summed E-state index contributed by atoms with van der Waals surface area (Å²) < 4.78 is 5.77. The molecule has 0 aliphatic rings. The Hall–Kier alpha value is -0.230. The SMILES string of the molecule is CCOC(N)C(=O)c1sccc1Br. The van der Waals surface area contributed by atoms with Gasteiger partial charge in [0.15, 0.2) is 6.23 Å². The normalized spacial score (nSPS) is 12.8. The highest BCUT2D eigenvalue weighted by Gasteiger charge is 2.19. The molecule has 0 aliphatic carbocycles. The minimum Gasteiger partial charge on any atom is -0.356 e. The van der Waals surface area contributed by atoms with E-state index >= 15 is 0 Å². The van der Waals surface area contributed by atoms with Gasteiger partial charge in [0.05, 0.1) is 4.88 Å². The van der Waals surface area contributed by atoms with Crippen molar-refractivity contribution in [3.63, 3.8) is 0 Å². The van der Waals surface area contributed by atoms with E-state index in [-0.39, 0.29) is 5.78 Å². The van der Waals surface area contributed by atoms with Gasteiger partial charge in [0.2, 0.25) is 5.78 Å². The molecule has 1 aromatic rings. The lowest BCUT2D eigenvalue weighted by atomic mass is 10.3. The van der Waals surface area contributed by atoms with Crippen LogP contribution >= 0.6 is 27.3 Å². The fraction of sp³-hybridized carbons (Fsp3) is 0.375. The third-order valence-electron chi connectivity index (χ3n) is 1.45. The van der Waals surface area contributed by atoms with Crippen LogP contribution in [0.4, 0.5) is 0 Å². The first-order valence-electron chi connectivity index (χ1n) is 3.81. The van der Waals surface area contributed by atoms with Crippen LogP contribution < -0.4 is 5.73 Å². The van der Waals surface area contributed by atoms with Gasteiger partial charge in [-0.05, 0) is 34.3 Å². The lowest BCUT2D eigenvalue weighted by Crippen LogP contribution is -2.33. The van der Waals surface area contributed by atoms with Crippen molar-refractivity contribution in [2.24, 2.45) is 5.73 Å². The third-order valence-corrected chi connectivity index (χ3v) is 3.30. The third kappa shape index (κ3) is 2.60. The van der Waals surface area contributed by atoms with E-state index in [1.807, 2.05) is 11.4 Å². The molecule has 0 radical (unpaired) electrons. The van der Waals surface area contributed by atoms with Gasteiger partial charge in [0, 0.05) is 11.1 Å². The molecule has 0 amide bonds. The van der Waals surface area contributed by atoms with Crippen molar-refractivity contribution in [1.82, 2.24) is 0 Å². The Morgan fingerprint density at radius 1 is 1.85 bits per heavy atom. The smallest absolute Gasteiger partial charge is 0.217 e. The largest absolute Gasteiger partial charge is 0.356 e. The van der Waals surface area contributed by atoms with Gasteiger partial charge in [-0.1, -0.05) is 0 Å². The number of halogens is 1. The fourth-order valence-electron chi connectivity index (χ4n) is 0.854. The van der Waals surface area contributed by atoms with Crippen LogP contribution in [-0.4, -0.2) is 18.6 Å². The number of carbonyl (C=O) groups excluding carboxylic acids is 1. The van der Waals surface area contributed by atoms with Gasteiger partial charge >= 0.3 is 0 Å². The van der Waals surface area contributed by atoms with E-state index in [1.54, 1.807) is 6.92 Å². The van der Waals surface area contributed by atoms with E-state index < -0.39 is 6.23 Å². The van der Waals surface area contributed by atoms with Gasteiger partial charge in [0.25, 0.3) is 0 Å². The zero-order chi connectivity index (χ0) is 9.84. The summed E-state index contributed by atoms with van der Waals surface area (Å²) in [5.74, 6) is -0.177. The van der Waals surface area contributed by atoms with Crippen LogP contribution in [0.3, 0.4) is 0 Å². The van der Waals surface area contributed by atoms with Gasteiger partial charge in [0.1, 0.15) is 0 Å². The van der Waals surface area contributed by atoms with Gasteiger partial charge < -0.3 is 4.74 Å². The zero-order valence-electron chi connectivity index (χ0n) is 7.12. The summed E-state index contributed by atoms with van der Waals surface area (Å²) in [5, 5.41) is 1.83. The Kier molecular flexibility index (Phi) is 4.05. The standard InChI is InChI=1S/C8H10BrNO2S/c1-2-12-8(10)6(11)7-5(9)3-4-13-7/h3-4,8H,2,10H2,1H3. The average molecular weight is 264 g/mol. The second kappa shape index (κ2) is 4.85. The van der Waals surface area contributed by atoms with Crippen LogP contribution in [0.2, 0.25) is 0 Å². The maximum absolute atomic E-state index is 11.5. The van der Waals surface area contributed by atoms with E-state index in [0.29, 0.717) is 11.5 Å². The summed E-state index contributed by atoms with van der Waals surface area (Å²) in [4.78, 5) is 12.2. The number of hydrogen-bond donors (Lipinski definition) is 1. The molecule has 2 N–H and O–H groups in total. The minimum absolute atomic E-state index is 0.177. The van der Waals surface area contributed by atoms with Gasteiger partial charge in [-0.15, -0.1) is 11.3 Å². The average Bonchev–Trinajstić information content (AvgIpc) is 2.50. The highest BCUT2D eigenvalue weighted by molar-refractivity contribution is 9.10. The van der Waals surface area contributed by atoms with Crippen LogP contribution in [-0.2, 0) is 4.74 Å². The highest BCUT2D eigenvalue weighted by Crippen LogP contribution is 2.23. The van der Waals surface area contributed by atoms with Gasteiger partial charge in [-0.25, -0.2) is 0 Å². The second-order valence-electron chi connectivity index (χ2n) is 2.34. The Labute approximate surface area is 89.0 Å². The Bertz CT molecular complexity index is 300. The Morgan fingerprint density at radius 3 is 3.00 bits per heavy atom. The molecule has 72 valence electrons. The number of carbonyl (C=O) groups is 1. The zero-order valence-corrected chi connectivity index (χ0v) is 9.52. The summed E-state index contributed by atoms with van der Waals surface area (Å²) in [6, 6.07) is 1.82. The summed E-state index contributed by atoms with van der Waals surface area (Å²) >= 11 is 4.62. The molecule has 0 saturated heterocycles. The van der Waals surface area contributed by atoms with Crippen molar-refractivity contribution in [2.75, 3.05) is 6.61 Å². The highest BCUT2D eigenvalue weighted by atomic mass is 79.9. The molecule has 1 atom stereocenters. The summed E-state index contributed by atoms with van der Waals surface area (Å²) in [5.41, 5.74) is 5.50. The molecule has 13 heavy (non-hydrogen) atoms. The molecule has 0 saturated carbocycles. The molecule has 0 fully saturated rings. The number of ketones is 1. The monoisotopic (exact) mass is 263 g/mol. The molecule has 3 nitrogen and oxygen atoms in total. The first kappa shape index (κ1) is 10.8. The van der Waals surface area contributed by atoms with E-state index in [1.165, 1.54) is 11.3 Å². The topological polar surface area (TPSA) is 52.3 Å².